The number of ether oxygens (including phenoxy) is 1. The van der Waals surface area contributed by atoms with E-state index in [2.05, 4.69) is 10.6 Å². The molecule has 2 N–H and O–H groups in total. The van der Waals surface area contributed by atoms with Crippen molar-refractivity contribution in [3.8, 4) is 5.75 Å². The van der Waals surface area contributed by atoms with Gasteiger partial charge in [-0.05, 0) is 67.8 Å². The molecule has 0 aliphatic carbocycles. The van der Waals surface area contributed by atoms with E-state index >= 15 is 0 Å². The molecule has 3 aromatic rings. The van der Waals surface area contributed by atoms with Crippen LogP contribution in [0.25, 0.3) is 0 Å². The number of benzene rings is 3. The average molecular weight is 402 g/mol. The van der Waals surface area contributed by atoms with Gasteiger partial charge in [-0.15, -0.1) is 0 Å². The largest absolute Gasteiger partial charge is 0.481 e. The molecule has 1 atom stereocenters. The summed E-state index contributed by atoms with van der Waals surface area (Å²) in [6, 6.07) is 22.3. The van der Waals surface area contributed by atoms with Crippen LogP contribution in [-0.4, -0.2) is 17.9 Å². The zero-order chi connectivity index (χ0) is 21.5. The molecule has 30 heavy (non-hydrogen) atoms. The summed E-state index contributed by atoms with van der Waals surface area (Å²) in [5.41, 5.74) is 4.49. The SMILES string of the molecule is Cc1cccc(NC(=O)[C@H](C)Oc2ccc(C(=O)NCc3ccccc3)cc2)c1C. The van der Waals surface area contributed by atoms with Crippen molar-refractivity contribution in [2.24, 2.45) is 0 Å². The van der Waals surface area contributed by atoms with Crippen LogP contribution in [0.2, 0.25) is 0 Å². The minimum atomic E-state index is -0.678. The van der Waals surface area contributed by atoms with E-state index in [1.54, 1.807) is 31.2 Å². The number of aryl methyl sites for hydroxylation is 1. The first-order valence-corrected chi connectivity index (χ1v) is 9.90. The molecule has 0 bridgehead atoms. The third-order valence-electron chi connectivity index (χ3n) is 4.96. The molecule has 0 fully saturated rings. The molecule has 5 nitrogen and oxygen atoms in total. The van der Waals surface area contributed by atoms with Gasteiger partial charge >= 0.3 is 0 Å². The second-order valence-corrected chi connectivity index (χ2v) is 7.19. The van der Waals surface area contributed by atoms with Gasteiger partial charge in [0.05, 0.1) is 0 Å². The molecule has 0 heterocycles. The standard InChI is InChI=1S/C25H26N2O3/c1-17-8-7-11-23(18(17)2)27-24(28)19(3)30-22-14-12-21(13-15-22)25(29)26-16-20-9-5-4-6-10-20/h4-15,19H,16H2,1-3H3,(H,26,29)(H,27,28)/t19-/m0/s1. The first-order valence-electron chi connectivity index (χ1n) is 9.90. The van der Waals surface area contributed by atoms with E-state index in [0.717, 1.165) is 22.4 Å². The molecule has 0 unspecified atom stereocenters. The molecule has 154 valence electrons. The Bertz CT molecular complexity index is 1010. The van der Waals surface area contributed by atoms with Gasteiger partial charge in [0.2, 0.25) is 0 Å². The van der Waals surface area contributed by atoms with Crippen LogP contribution >= 0.6 is 0 Å². The molecule has 0 saturated carbocycles. The monoisotopic (exact) mass is 402 g/mol. The average Bonchev–Trinajstić information content (AvgIpc) is 2.76. The number of carbonyl (C=O) groups excluding carboxylic acids is 2. The van der Waals surface area contributed by atoms with Crippen molar-refractivity contribution in [2.75, 3.05) is 5.32 Å². The number of carbonyl (C=O) groups is 2. The molecule has 0 aromatic heterocycles. The fourth-order valence-corrected chi connectivity index (χ4v) is 2.94. The van der Waals surface area contributed by atoms with Crippen molar-refractivity contribution in [3.63, 3.8) is 0 Å². The van der Waals surface area contributed by atoms with Crippen LogP contribution in [0.1, 0.15) is 34.0 Å². The van der Waals surface area contributed by atoms with E-state index in [-0.39, 0.29) is 11.8 Å². The van der Waals surface area contributed by atoms with Gasteiger partial charge in [-0.3, -0.25) is 9.59 Å². The van der Waals surface area contributed by atoms with Crippen molar-refractivity contribution in [1.82, 2.24) is 5.32 Å². The van der Waals surface area contributed by atoms with Gasteiger partial charge in [0.1, 0.15) is 5.75 Å². The second kappa shape index (κ2) is 9.74. The van der Waals surface area contributed by atoms with E-state index in [0.29, 0.717) is 17.9 Å². The van der Waals surface area contributed by atoms with Crippen molar-refractivity contribution in [2.45, 2.75) is 33.4 Å². The van der Waals surface area contributed by atoms with Gasteiger partial charge in [-0.25, -0.2) is 0 Å². The number of amides is 2. The molecule has 3 aromatic carbocycles. The molecular weight excluding hydrogens is 376 g/mol. The number of hydrogen-bond acceptors (Lipinski definition) is 3. The first-order chi connectivity index (χ1) is 14.4. The Morgan fingerprint density at radius 2 is 1.60 bits per heavy atom. The highest BCUT2D eigenvalue weighted by Gasteiger charge is 2.16. The predicted molar refractivity (Wildman–Crippen MR) is 119 cm³/mol. The van der Waals surface area contributed by atoms with Crippen LogP contribution in [0.5, 0.6) is 5.75 Å². The number of anilines is 1. The van der Waals surface area contributed by atoms with Crippen LogP contribution < -0.4 is 15.4 Å². The Kier molecular flexibility index (Phi) is 6.86. The number of rotatable bonds is 7. The van der Waals surface area contributed by atoms with E-state index in [1.807, 2.05) is 62.4 Å². The van der Waals surface area contributed by atoms with Crippen LogP contribution in [0.4, 0.5) is 5.69 Å². The van der Waals surface area contributed by atoms with E-state index < -0.39 is 6.10 Å². The molecule has 3 rings (SSSR count). The van der Waals surface area contributed by atoms with Crippen molar-refractivity contribution in [3.05, 3.63) is 95.1 Å². The fourth-order valence-electron chi connectivity index (χ4n) is 2.94. The van der Waals surface area contributed by atoms with E-state index in [4.69, 9.17) is 4.74 Å². The van der Waals surface area contributed by atoms with Crippen molar-refractivity contribution in [1.29, 1.82) is 0 Å². The van der Waals surface area contributed by atoms with Gasteiger partial charge in [-0.1, -0.05) is 42.5 Å². The lowest BCUT2D eigenvalue weighted by molar-refractivity contribution is -0.122. The smallest absolute Gasteiger partial charge is 0.265 e. The Morgan fingerprint density at radius 3 is 2.30 bits per heavy atom. The van der Waals surface area contributed by atoms with Gasteiger partial charge in [0.15, 0.2) is 6.10 Å². The Balaban J connectivity index is 1.54. The summed E-state index contributed by atoms with van der Waals surface area (Å²) in [6.07, 6.45) is -0.678. The number of hydrogen-bond donors (Lipinski definition) is 2. The maximum absolute atomic E-state index is 12.5. The summed E-state index contributed by atoms with van der Waals surface area (Å²) in [5.74, 6) is 0.137. The lowest BCUT2D eigenvalue weighted by Crippen LogP contribution is -2.30. The van der Waals surface area contributed by atoms with Gasteiger partial charge < -0.3 is 15.4 Å². The Morgan fingerprint density at radius 1 is 0.900 bits per heavy atom. The third-order valence-corrected chi connectivity index (χ3v) is 4.96. The molecular formula is C25H26N2O3. The lowest BCUT2D eigenvalue weighted by atomic mass is 10.1. The van der Waals surface area contributed by atoms with Crippen molar-refractivity contribution < 1.29 is 14.3 Å². The quantitative estimate of drug-likeness (QED) is 0.605. The first kappa shape index (κ1) is 21.1. The van der Waals surface area contributed by atoms with Crippen LogP contribution in [0, 0.1) is 13.8 Å². The summed E-state index contributed by atoms with van der Waals surface area (Å²) in [5, 5.41) is 5.79. The Hall–Kier alpha value is -3.60. The fraction of sp³-hybridized carbons (Fsp3) is 0.200. The molecule has 5 heteroatoms. The maximum Gasteiger partial charge on any atom is 0.265 e. The number of nitrogens with one attached hydrogen (secondary N) is 2. The summed E-state index contributed by atoms with van der Waals surface area (Å²) in [4.78, 5) is 24.8. The zero-order valence-corrected chi connectivity index (χ0v) is 17.4. The summed E-state index contributed by atoms with van der Waals surface area (Å²) >= 11 is 0. The summed E-state index contributed by atoms with van der Waals surface area (Å²) in [7, 11) is 0. The van der Waals surface area contributed by atoms with E-state index in [1.165, 1.54) is 0 Å². The summed E-state index contributed by atoms with van der Waals surface area (Å²) < 4.78 is 5.74. The minimum absolute atomic E-state index is 0.161. The maximum atomic E-state index is 12.5. The highest BCUT2D eigenvalue weighted by atomic mass is 16.5. The third kappa shape index (κ3) is 5.47. The predicted octanol–water partition coefficient (Wildman–Crippen LogP) is 4.64. The minimum Gasteiger partial charge on any atom is -0.481 e. The molecule has 0 radical (unpaired) electrons. The van der Waals surface area contributed by atoms with Crippen LogP contribution in [0.15, 0.2) is 72.8 Å². The van der Waals surface area contributed by atoms with Gasteiger partial charge in [0.25, 0.3) is 11.8 Å². The van der Waals surface area contributed by atoms with E-state index in [9.17, 15) is 9.59 Å². The Labute approximate surface area is 177 Å². The molecule has 0 spiro atoms. The summed E-state index contributed by atoms with van der Waals surface area (Å²) in [6.45, 7) is 6.13. The molecule has 0 aliphatic heterocycles. The molecule has 0 aliphatic rings. The zero-order valence-electron chi connectivity index (χ0n) is 17.4. The van der Waals surface area contributed by atoms with Crippen LogP contribution in [0.3, 0.4) is 0 Å². The molecule has 0 saturated heterocycles. The van der Waals surface area contributed by atoms with Crippen LogP contribution in [-0.2, 0) is 11.3 Å². The highest BCUT2D eigenvalue weighted by Crippen LogP contribution is 2.19. The topological polar surface area (TPSA) is 67.4 Å². The lowest BCUT2D eigenvalue weighted by Gasteiger charge is -2.16. The van der Waals surface area contributed by atoms with Gasteiger partial charge in [0, 0.05) is 17.8 Å². The normalized spacial score (nSPS) is 11.4. The molecule has 2 amide bonds. The van der Waals surface area contributed by atoms with Gasteiger partial charge in [-0.2, -0.15) is 0 Å². The highest BCUT2D eigenvalue weighted by molar-refractivity contribution is 5.95. The second-order valence-electron chi connectivity index (χ2n) is 7.19. The van der Waals surface area contributed by atoms with Crippen molar-refractivity contribution >= 4 is 17.5 Å².